The number of unbranched alkanes of at least 4 members (excludes halogenated alkanes) is 2. The minimum atomic E-state index is -0.173. The first-order valence-corrected chi connectivity index (χ1v) is 6.27. The van der Waals surface area contributed by atoms with Crippen LogP contribution < -0.4 is 10.6 Å². The van der Waals surface area contributed by atoms with Crippen molar-refractivity contribution in [1.29, 1.82) is 0 Å². The first-order valence-electron chi connectivity index (χ1n) is 6.27. The third-order valence-corrected chi connectivity index (χ3v) is 3.09. The summed E-state index contributed by atoms with van der Waals surface area (Å²) >= 11 is 0. The van der Waals surface area contributed by atoms with Crippen molar-refractivity contribution in [3.63, 3.8) is 0 Å². The number of imidazole rings is 1. The Bertz CT molecular complexity index is 446. The van der Waals surface area contributed by atoms with Gasteiger partial charge in [0.25, 0.3) is 0 Å². The third kappa shape index (κ3) is 3.11. The molecule has 1 aliphatic heterocycles. The van der Waals surface area contributed by atoms with Crippen molar-refractivity contribution in [3.8, 4) is 12.3 Å². The minimum absolute atomic E-state index is 0.0457. The molecule has 0 saturated carbocycles. The molecular formula is C13H18N4O. The van der Waals surface area contributed by atoms with Crippen LogP contribution in [-0.4, -0.2) is 28.5 Å². The number of hydrogen-bond acceptors (Lipinski definition) is 3. The summed E-state index contributed by atoms with van der Waals surface area (Å²) in [6, 6.07) is -0.173. The molecular weight excluding hydrogens is 228 g/mol. The van der Waals surface area contributed by atoms with E-state index in [1.807, 2.05) is 0 Å². The van der Waals surface area contributed by atoms with Crippen molar-refractivity contribution in [2.24, 2.45) is 0 Å². The molecule has 1 atom stereocenters. The van der Waals surface area contributed by atoms with Crippen LogP contribution in [0.1, 0.15) is 30.7 Å². The van der Waals surface area contributed by atoms with E-state index in [9.17, 15) is 4.79 Å². The average Bonchev–Trinajstić information content (AvgIpc) is 2.85. The van der Waals surface area contributed by atoms with Crippen molar-refractivity contribution in [2.45, 2.75) is 38.3 Å². The van der Waals surface area contributed by atoms with Crippen molar-refractivity contribution in [3.05, 3.63) is 17.7 Å². The first kappa shape index (κ1) is 12.7. The number of fused-ring (bicyclic) bond motifs is 1. The molecule has 1 aliphatic rings. The molecule has 2 rings (SSSR count). The zero-order chi connectivity index (χ0) is 12.8. The largest absolute Gasteiger partial charge is 0.355 e. The topological polar surface area (TPSA) is 69.8 Å². The van der Waals surface area contributed by atoms with Gasteiger partial charge in [-0.15, -0.1) is 12.3 Å². The van der Waals surface area contributed by atoms with Gasteiger partial charge in [0, 0.05) is 25.9 Å². The van der Waals surface area contributed by atoms with Crippen LogP contribution in [0.4, 0.5) is 0 Å². The summed E-state index contributed by atoms with van der Waals surface area (Å²) in [7, 11) is 0. The lowest BCUT2D eigenvalue weighted by atomic mass is 10.0. The molecule has 1 amide bonds. The number of aromatic amines is 1. The monoisotopic (exact) mass is 246 g/mol. The number of nitrogens with zero attached hydrogens (tertiary/aromatic N) is 1. The number of hydrogen-bond donors (Lipinski definition) is 3. The lowest BCUT2D eigenvalue weighted by Gasteiger charge is -2.22. The maximum Gasteiger partial charge on any atom is 0.237 e. The molecule has 1 unspecified atom stereocenters. The zero-order valence-corrected chi connectivity index (χ0v) is 10.3. The van der Waals surface area contributed by atoms with Crippen molar-refractivity contribution in [1.82, 2.24) is 20.6 Å². The maximum atomic E-state index is 11.9. The van der Waals surface area contributed by atoms with Gasteiger partial charge in [-0.2, -0.15) is 0 Å². The Morgan fingerprint density at radius 2 is 2.50 bits per heavy atom. The van der Waals surface area contributed by atoms with Crippen LogP contribution in [-0.2, 0) is 17.8 Å². The molecule has 5 nitrogen and oxygen atoms in total. The van der Waals surface area contributed by atoms with Gasteiger partial charge in [0.05, 0.1) is 23.8 Å². The summed E-state index contributed by atoms with van der Waals surface area (Å²) in [6.07, 6.45) is 10.1. The van der Waals surface area contributed by atoms with Gasteiger partial charge < -0.3 is 10.3 Å². The lowest BCUT2D eigenvalue weighted by Crippen LogP contribution is -2.47. The van der Waals surface area contributed by atoms with E-state index in [-0.39, 0.29) is 11.9 Å². The standard InChI is InChI=1S/C13H18N4O/c1-2-3-4-5-6-14-13(18)11-7-10-12(8-15-11)17-9-16-10/h1,9,11,15H,3-8H2,(H,14,18)(H,16,17). The second-order valence-electron chi connectivity index (χ2n) is 4.42. The Kier molecular flexibility index (Phi) is 4.37. The second kappa shape index (κ2) is 6.22. The molecule has 2 heterocycles. The van der Waals surface area contributed by atoms with Gasteiger partial charge in [0.1, 0.15) is 0 Å². The van der Waals surface area contributed by atoms with E-state index in [1.165, 1.54) is 0 Å². The average molecular weight is 246 g/mol. The Hall–Kier alpha value is -1.80. The highest BCUT2D eigenvalue weighted by molar-refractivity contribution is 5.82. The first-order chi connectivity index (χ1) is 8.81. The van der Waals surface area contributed by atoms with Crippen molar-refractivity contribution < 1.29 is 4.79 Å². The van der Waals surface area contributed by atoms with Gasteiger partial charge in [0.2, 0.25) is 5.91 Å². The SMILES string of the molecule is C#CCCCCNC(=O)C1Cc2nc[nH]c2CN1. The molecule has 96 valence electrons. The van der Waals surface area contributed by atoms with E-state index in [0.29, 0.717) is 19.5 Å². The fourth-order valence-electron chi connectivity index (χ4n) is 2.04. The van der Waals surface area contributed by atoms with Crippen LogP contribution in [0.15, 0.2) is 6.33 Å². The second-order valence-corrected chi connectivity index (χ2v) is 4.42. The molecule has 0 saturated heterocycles. The highest BCUT2D eigenvalue weighted by atomic mass is 16.2. The van der Waals surface area contributed by atoms with Gasteiger partial charge in [-0.25, -0.2) is 4.98 Å². The molecule has 18 heavy (non-hydrogen) atoms. The summed E-state index contributed by atoms with van der Waals surface area (Å²) in [5, 5.41) is 6.12. The molecule has 1 aromatic heterocycles. The highest BCUT2D eigenvalue weighted by Crippen LogP contribution is 2.11. The van der Waals surface area contributed by atoms with E-state index in [4.69, 9.17) is 6.42 Å². The molecule has 0 spiro atoms. The fraction of sp³-hybridized carbons (Fsp3) is 0.538. The quantitative estimate of drug-likeness (QED) is 0.518. The van der Waals surface area contributed by atoms with E-state index >= 15 is 0 Å². The summed E-state index contributed by atoms with van der Waals surface area (Å²) in [5.74, 6) is 2.64. The molecule has 1 aromatic rings. The van der Waals surface area contributed by atoms with E-state index in [0.717, 1.165) is 30.7 Å². The summed E-state index contributed by atoms with van der Waals surface area (Å²) < 4.78 is 0. The van der Waals surface area contributed by atoms with Gasteiger partial charge in [0.15, 0.2) is 0 Å². The number of nitrogens with one attached hydrogen (secondary N) is 3. The molecule has 0 fully saturated rings. The molecule has 0 radical (unpaired) electrons. The van der Waals surface area contributed by atoms with Crippen LogP contribution in [0.3, 0.4) is 0 Å². The number of aromatic nitrogens is 2. The maximum absolute atomic E-state index is 11.9. The number of carbonyl (C=O) groups excluding carboxylic acids is 1. The number of amides is 1. The van der Waals surface area contributed by atoms with Crippen molar-refractivity contribution >= 4 is 5.91 Å². The lowest BCUT2D eigenvalue weighted by molar-refractivity contribution is -0.123. The van der Waals surface area contributed by atoms with Crippen LogP contribution in [0.25, 0.3) is 0 Å². The summed E-state index contributed by atoms with van der Waals surface area (Å²) in [4.78, 5) is 19.2. The van der Waals surface area contributed by atoms with Gasteiger partial charge in [-0.1, -0.05) is 0 Å². The summed E-state index contributed by atoms with van der Waals surface area (Å²) in [6.45, 7) is 1.36. The van der Waals surface area contributed by atoms with Crippen LogP contribution >= 0.6 is 0 Å². The van der Waals surface area contributed by atoms with E-state index < -0.39 is 0 Å². The van der Waals surface area contributed by atoms with Gasteiger partial charge in [-0.05, 0) is 12.8 Å². The number of terminal acetylenes is 1. The van der Waals surface area contributed by atoms with Gasteiger partial charge in [-0.3, -0.25) is 10.1 Å². The normalized spacial score (nSPS) is 17.8. The highest BCUT2D eigenvalue weighted by Gasteiger charge is 2.25. The predicted molar refractivity (Wildman–Crippen MR) is 68.6 cm³/mol. The van der Waals surface area contributed by atoms with Crippen molar-refractivity contribution in [2.75, 3.05) is 6.54 Å². The molecule has 0 aliphatic carbocycles. The molecule has 5 heteroatoms. The summed E-state index contributed by atoms with van der Waals surface area (Å²) in [5.41, 5.74) is 2.06. The Labute approximate surface area is 107 Å². The smallest absolute Gasteiger partial charge is 0.237 e. The molecule has 0 bridgehead atoms. The number of H-pyrrole nitrogens is 1. The predicted octanol–water partition coefficient (Wildman–Crippen LogP) is 0.344. The number of rotatable bonds is 5. The fourth-order valence-corrected chi connectivity index (χ4v) is 2.04. The van der Waals surface area contributed by atoms with E-state index in [1.54, 1.807) is 6.33 Å². The third-order valence-electron chi connectivity index (χ3n) is 3.09. The Morgan fingerprint density at radius 3 is 3.33 bits per heavy atom. The Morgan fingerprint density at radius 1 is 1.61 bits per heavy atom. The molecule has 0 aromatic carbocycles. The van der Waals surface area contributed by atoms with Gasteiger partial charge >= 0.3 is 0 Å². The minimum Gasteiger partial charge on any atom is -0.355 e. The van der Waals surface area contributed by atoms with Crippen LogP contribution in [0.2, 0.25) is 0 Å². The zero-order valence-electron chi connectivity index (χ0n) is 10.3. The van der Waals surface area contributed by atoms with Crippen LogP contribution in [0.5, 0.6) is 0 Å². The van der Waals surface area contributed by atoms with E-state index in [2.05, 4.69) is 26.5 Å². The Balaban J connectivity index is 1.73. The number of carbonyl (C=O) groups is 1. The molecule has 3 N–H and O–H groups in total. The van der Waals surface area contributed by atoms with Crippen LogP contribution in [0, 0.1) is 12.3 Å².